The fourth-order valence-corrected chi connectivity index (χ4v) is 3.43. The van der Waals surface area contributed by atoms with E-state index in [-0.39, 0.29) is 17.9 Å². The third-order valence-corrected chi connectivity index (χ3v) is 5.19. The second-order valence-corrected chi connectivity index (χ2v) is 6.76. The number of hydrogen-bond acceptors (Lipinski definition) is 5. The summed E-state index contributed by atoms with van der Waals surface area (Å²) in [5, 5.41) is 4.03. The van der Waals surface area contributed by atoms with E-state index in [0.29, 0.717) is 0 Å². The van der Waals surface area contributed by atoms with Crippen molar-refractivity contribution in [2.75, 3.05) is 25.1 Å². The maximum absolute atomic E-state index is 12.1. The van der Waals surface area contributed by atoms with Gasteiger partial charge < -0.3 is 15.0 Å². The highest BCUT2D eigenvalue weighted by atomic mass is 32.1. The standard InChI is InChI=1S/C16H21N3O2S/c1-4-10(2)17-15(20)11-8-19(9-11)16-18-13-6-5-12(21-3)7-14(13)22-16/h5-7,10-11H,4,8-9H2,1-3H3,(H,17,20). The first-order chi connectivity index (χ1) is 10.6. The van der Waals surface area contributed by atoms with Crippen molar-refractivity contribution < 1.29 is 9.53 Å². The van der Waals surface area contributed by atoms with Crippen LogP contribution in [-0.4, -0.2) is 37.1 Å². The van der Waals surface area contributed by atoms with Gasteiger partial charge in [-0.1, -0.05) is 18.3 Å². The molecule has 1 N–H and O–H groups in total. The zero-order valence-electron chi connectivity index (χ0n) is 13.1. The van der Waals surface area contributed by atoms with Crippen molar-refractivity contribution in [1.82, 2.24) is 10.3 Å². The summed E-state index contributed by atoms with van der Waals surface area (Å²) in [6, 6.07) is 6.14. The van der Waals surface area contributed by atoms with Gasteiger partial charge >= 0.3 is 0 Å². The van der Waals surface area contributed by atoms with Crippen LogP contribution in [0.2, 0.25) is 0 Å². The van der Waals surface area contributed by atoms with Gasteiger partial charge in [-0.3, -0.25) is 4.79 Å². The Balaban J connectivity index is 1.64. The number of nitrogens with zero attached hydrogens (tertiary/aromatic N) is 2. The summed E-state index contributed by atoms with van der Waals surface area (Å²) >= 11 is 1.65. The first kappa shape index (κ1) is 15.1. The van der Waals surface area contributed by atoms with E-state index in [1.54, 1.807) is 18.4 Å². The summed E-state index contributed by atoms with van der Waals surface area (Å²) < 4.78 is 6.35. The van der Waals surface area contributed by atoms with Crippen LogP contribution in [0.3, 0.4) is 0 Å². The summed E-state index contributed by atoms with van der Waals surface area (Å²) in [5.41, 5.74) is 0.980. The lowest BCUT2D eigenvalue weighted by molar-refractivity contribution is -0.126. The zero-order chi connectivity index (χ0) is 15.7. The van der Waals surface area contributed by atoms with Gasteiger partial charge in [-0.25, -0.2) is 4.98 Å². The molecule has 5 nitrogen and oxygen atoms in total. The van der Waals surface area contributed by atoms with E-state index in [0.717, 1.165) is 40.6 Å². The summed E-state index contributed by atoms with van der Waals surface area (Å²) in [6.45, 7) is 5.61. The van der Waals surface area contributed by atoms with E-state index in [1.807, 2.05) is 25.1 Å². The van der Waals surface area contributed by atoms with E-state index in [4.69, 9.17) is 4.74 Å². The maximum Gasteiger partial charge on any atom is 0.226 e. The second-order valence-electron chi connectivity index (χ2n) is 5.75. The predicted octanol–water partition coefficient (Wildman–Crippen LogP) is 2.66. The van der Waals surface area contributed by atoms with Crippen LogP contribution in [0.5, 0.6) is 5.75 Å². The molecular formula is C16H21N3O2S. The molecule has 0 spiro atoms. The molecule has 1 aliphatic heterocycles. The van der Waals surface area contributed by atoms with Gasteiger partial charge in [-0.2, -0.15) is 0 Å². The molecule has 0 saturated carbocycles. The van der Waals surface area contributed by atoms with Gasteiger partial charge in [0, 0.05) is 19.1 Å². The lowest BCUT2D eigenvalue weighted by Gasteiger charge is -2.38. The Bertz CT molecular complexity index is 679. The number of thiazole rings is 1. The molecular weight excluding hydrogens is 298 g/mol. The fourth-order valence-electron chi connectivity index (χ4n) is 2.42. The number of ether oxygens (including phenoxy) is 1. The van der Waals surface area contributed by atoms with E-state index < -0.39 is 0 Å². The van der Waals surface area contributed by atoms with Gasteiger partial charge in [0.05, 0.1) is 23.2 Å². The minimum atomic E-state index is 0.0792. The molecule has 1 aromatic heterocycles. The van der Waals surface area contributed by atoms with Crippen LogP contribution in [0.4, 0.5) is 5.13 Å². The van der Waals surface area contributed by atoms with Crippen molar-refractivity contribution in [1.29, 1.82) is 0 Å². The lowest BCUT2D eigenvalue weighted by Crippen LogP contribution is -2.54. The molecule has 1 saturated heterocycles. The van der Waals surface area contributed by atoms with Crippen LogP contribution in [0, 0.1) is 5.92 Å². The number of amides is 1. The number of methoxy groups -OCH3 is 1. The van der Waals surface area contributed by atoms with Crippen LogP contribution >= 0.6 is 11.3 Å². The number of hydrogen-bond donors (Lipinski definition) is 1. The average Bonchev–Trinajstić information content (AvgIpc) is 2.87. The molecule has 1 aromatic carbocycles. The molecule has 0 radical (unpaired) electrons. The molecule has 0 aliphatic carbocycles. The van der Waals surface area contributed by atoms with Crippen LogP contribution in [0.15, 0.2) is 18.2 Å². The van der Waals surface area contributed by atoms with Gasteiger partial charge in [0.1, 0.15) is 5.75 Å². The van der Waals surface area contributed by atoms with Gasteiger partial charge in [-0.15, -0.1) is 0 Å². The highest BCUT2D eigenvalue weighted by Crippen LogP contribution is 2.34. The minimum absolute atomic E-state index is 0.0792. The smallest absolute Gasteiger partial charge is 0.226 e. The molecule has 1 unspecified atom stereocenters. The Labute approximate surface area is 134 Å². The summed E-state index contributed by atoms with van der Waals surface area (Å²) in [6.07, 6.45) is 0.960. The molecule has 3 rings (SSSR count). The lowest BCUT2D eigenvalue weighted by atomic mass is 9.99. The fraction of sp³-hybridized carbons (Fsp3) is 0.500. The SMILES string of the molecule is CCC(C)NC(=O)C1CN(c2nc3ccc(OC)cc3s2)C1. The highest BCUT2D eigenvalue weighted by Gasteiger charge is 2.34. The molecule has 1 amide bonds. The van der Waals surface area contributed by atoms with Gasteiger partial charge in [0.15, 0.2) is 5.13 Å². The quantitative estimate of drug-likeness (QED) is 0.920. The van der Waals surface area contributed by atoms with Crippen molar-refractivity contribution in [3.63, 3.8) is 0 Å². The molecule has 1 aliphatic rings. The summed E-state index contributed by atoms with van der Waals surface area (Å²) in [7, 11) is 1.67. The maximum atomic E-state index is 12.1. The van der Waals surface area contributed by atoms with Gasteiger partial charge in [-0.05, 0) is 31.5 Å². The first-order valence-corrected chi connectivity index (χ1v) is 8.42. The van der Waals surface area contributed by atoms with E-state index in [2.05, 4.69) is 22.1 Å². The minimum Gasteiger partial charge on any atom is -0.497 e. The van der Waals surface area contributed by atoms with Crippen LogP contribution in [0.1, 0.15) is 20.3 Å². The largest absolute Gasteiger partial charge is 0.497 e. The molecule has 0 bridgehead atoms. The molecule has 1 fully saturated rings. The van der Waals surface area contributed by atoms with Crippen molar-refractivity contribution in [2.45, 2.75) is 26.3 Å². The number of fused-ring (bicyclic) bond motifs is 1. The Morgan fingerprint density at radius 3 is 3.00 bits per heavy atom. The Morgan fingerprint density at radius 2 is 2.32 bits per heavy atom. The Hall–Kier alpha value is -1.82. The van der Waals surface area contributed by atoms with Gasteiger partial charge in [0.2, 0.25) is 5.91 Å². The summed E-state index contributed by atoms with van der Waals surface area (Å²) in [5.74, 6) is 1.08. The Morgan fingerprint density at radius 1 is 1.55 bits per heavy atom. The molecule has 6 heteroatoms. The number of carbonyl (C=O) groups excluding carboxylic acids is 1. The average molecular weight is 319 g/mol. The number of benzene rings is 1. The van der Waals surface area contributed by atoms with E-state index >= 15 is 0 Å². The van der Waals surface area contributed by atoms with Crippen molar-refractivity contribution in [3.05, 3.63) is 18.2 Å². The van der Waals surface area contributed by atoms with Gasteiger partial charge in [0.25, 0.3) is 0 Å². The second kappa shape index (κ2) is 6.12. The predicted molar refractivity (Wildman–Crippen MR) is 89.8 cm³/mol. The van der Waals surface area contributed by atoms with E-state index in [1.165, 1.54) is 0 Å². The van der Waals surface area contributed by atoms with Crippen molar-refractivity contribution >= 4 is 32.6 Å². The molecule has 2 heterocycles. The normalized spacial score (nSPS) is 16.4. The molecule has 118 valence electrons. The van der Waals surface area contributed by atoms with Crippen molar-refractivity contribution in [3.8, 4) is 5.75 Å². The molecule has 22 heavy (non-hydrogen) atoms. The number of aromatic nitrogens is 1. The molecule has 2 aromatic rings. The number of carbonyl (C=O) groups is 1. The van der Waals surface area contributed by atoms with Crippen molar-refractivity contribution in [2.24, 2.45) is 5.92 Å². The first-order valence-electron chi connectivity index (χ1n) is 7.60. The van der Waals surface area contributed by atoms with Crippen LogP contribution in [0.25, 0.3) is 10.2 Å². The monoisotopic (exact) mass is 319 g/mol. The number of nitrogens with one attached hydrogen (secondary N) is 1. The van der Waals surface area contributed by atoms with Crippen LogP contribution in [-0.2, 0) is 4.79 Å². The highest BCUT2D eigenvalue weighted by molar-refractivity contribution is 7.22. The molecule has 1 atom stereocenters. The number of rotatable bonds is 5. The van der Waals surface area contributed by atoms with E-state index in [9.17, 15) is 4.79 Å². The number of anilines is 1. The van der Waals surface area contributed by atoms with Crippen LogP contribution < -0.4 is 15.0 Å². The third kappa shape index (κ3) is 2.88. The Kier molecular flexibility index (Phi) is 4.20. The third-order valence-electron chi connectivity index (χ3n) is 4.11. The topological polar surface area (TPSA) is 54.5 Å². The summed E-state index contributed by atoms with van der Waals surface area (Å²) in [4.78, 5) is 18.9. The zero-order valence-corrected chi connectivity index (χ0v) is 13.9.